The third kappa shape index (κ3) is 4.67. The van der Waals surface area contributed by atoms with Crippen LogP contribution in [0.25, 0.3) is 10.8 Å². The summed E-state index contributed by atoms with van der Waals surface area (Å²) in [6, 6.07) is 20.2. The van der Waals surface area contributed by atoms with Crippen molar-refractivity contribution in [2.24, 2.45) is 5.92 Å². The predicted molar refractivity (Wildman–Crippen MR) is 109 cm³/mol. The monoisotopic (exact) mass is 383 g/mol. The van der Waals surface area contributed by atoms with Crippen molar-refractivity contribution < 1.29 is 13.2 Å². The first-order chi connectivity index (χ1) is 12.9. The van der Waals surface area contributed by atoms with E-state index in [0.29, 0.717) is 12.3 Å². The van der Waals surface area contributed by atoms with E-state index in [1.807, 2.05) is 54.6 Å². The summed E-state index contributed by atoms with van der Waals surface area (Å²) in [6.07, 6.45) is 0.707. The zero-order valence-electron chi connectivity index (χ0n) is 15.8. The Bertz CT molecular complexity index is 1010. The molecule has 1 N–H and O–H groups in total. The maximum atomic E-state index is 13.0. The molecule has 5 heteroatoms. The van der Waals surface area contributed by atoms with Gasteiger partial charge in [-0.15, -0.1) is 0 Å². The summed E-state index contributed by atoms with van der Waals surface area (Å²) in [6.45, 7) is 4.17. The van der Waals surface area contributed by atoms with Crippen molar-refractivity contribution >= 4 is 20.8 Å². The summed E-state index contributed by atoms with van der Waals surface area (Å²) in [7, 11) is -2.03. The zero-order chi connectivity index (χ0) is 19.4. The van der Waals surface area contributed by atoms with Crippen molar-refractivity contribution in [1.29, 1.82) is 0 Å². The Morgan fingerprint density at radius 2 is 1.59 bits per heavy atom. The predicted octanol–water partition coefficient (Wildman–Crippen LogP) is 4.91. The van der Waals surface area contributed by atoms with E-state index in [4.69, 9.17) is 4.74 Å². The van der Waals surface area contributed by atoms with Crippen LogP contribution >= 0.6 is 0 Å². The molecule has 0 aliphatic rings. The van der Waals surface area contributed by atoms with Gasteiger partial charge in [0.15, 0.2) is 0 Å². The molecule has 0 spiro atoms. The highest BCUT2D eigenvalue weighted by atomic mass is 32.2. The molecule has 0 saturated carbocycles. The van der Waals surface area contributed by atoms with Crippen molar-refractivity contribution in [3.63, 3.8) is 0 Å². The second-order valence-corrected chi connectivity index (χ2v) is 8.80. The summed E-state index contributed by atoms with van der Waals surface area (Å²) in [5.74, 6) is 1.09. The van der Waals surface area contributed by atoms with E-state index >= 15 is 0 Å². The average Bonchev–Trinajstić information content (AvgIpc) is 2.66. The van der Waals surface area contributed by atoms with Crippen molar-refractivity contribution in [1.82, 2.24) is 4.72 Å². The number of sulfonamides is 1. The molecule has 0 radical (unpaired) electrons. The molecule has 3 aromatic rings. The third-order valence-electron chi connectivity index (χ3n) is 4.55. The average molecular weight is 384 g/mol. The molecule has 4 nitrogen and oxygen atoms in total. The van der Waals surface area contributed by atoms with Gasteiger partial charge in [-0.1, -0.05) is 56.3 Å². The van der Waals surface area contributed by atoms with Crippen molar-refractivity contribution in [3.05, 3.63) is 72.3 Å². The van der Waals surface area contributed by atoms with Crippen LogP contribution in [0.4, 0.5) is 0 Å². The first-order valence-electron chi connectivity index (χ1n) is 9.04. The van der Waals surface area contributed by atoms with Crippen LogP contribution in [0.1, 0.15) is 31.9 Å². The lowest BCUT2D eigenvalue weighted by molar-refractivity contribution is 0.414. The maximum Gasteiger partial charge on any atom is 0.241 e. The van der Waals surface area contributed by atoms with Gasteiger partial charge >= 0.3 is 0 Å². The molecule has 0 bridgehead atoms. The van der Waals surface area contributed by atoms with Gasteiger partial charge in [-0.25, -0.2) is 13.1 Å². The molecular weight excluding hydrogens is 358 g/mol. The first-order valence-corrected chi connectivity index (χ1v) is 10.5. The van der Waals surface area contributed by atoms with Crippen LogP contribution in [0.15, 0.2) is 71.6 Å². The van der Waals surface area contributed by atoms with E-state index < -0.39 is 10.0 Å². The van der Waals surface area contributed by atoms with Crippen molar-refractivity contribution in [2.45, 2.75) is 31.2 Å². The molecule has 0 fully saturated rings. The SMILES string of the molecule is COc1ccc([C@H](CC(C)C)NS(=O)(=O)c2ccc3ccccc3c2)cc1. The van der Waals surface area contributed by atoms with Crippen molar-refractivity contribution in [3.8, 4) is 5.75 Å². The summed E-state index contributed by atoms with van der Waals surface area (Å²) in [5, 5.41) is 1.93. The number of benzene rings is 3. The van der Waals surface area contributed by atoms with E-state index in [2.05, 4.69) is 18.6 Å². The molecule has 27 heavy (non-hydrogen) atoms. The zero-order valence-corrected chi connectivity index (χ0v) is 16.7. The normalized spacial score (nSPS) is 13.0. The fourth-order valence-electron chi connectivity index (χ4n) is 3.15. The molecule has 142 valence electrons. The Morgan fingerprint density at radius 1 is 0.926 bits per heavy atom. The molecule has 0 amide bonds. The standard InChI is InChI=1S/C22H25NO3S/c1-16(2)14-22(18-8-11-20(26-3)12-9-18)23-27(24,25)21-13-10-17-6-4-5-7-19(17)15-21/h4-13,15-16,22-23H,14H2,1-3H3/t22-/m0/s1. The highest BCUT2D eigenvalue weighted by molar-refractivity contribution is 7.89. The fraction of sp³-hybridized carbons (Fsp3) is 0.273. The van der Waals surface area contributed by atoms with Gasteiger partial charge in [0.2, 0.25) is 10.0 Å². The van der Waals surface area contributed by atoms with Gasteiger partial charge in [-0.3, -0.25) is 0 Å². The van der Waals surface area contributed by atoms with Crippen LogP contribution in [-0.2, 0) is 10.0 Å². The summed E-state index contributed by atoms with van der Waals surface area (Å²) < 4.78 is 34.2. The van der Waals surface area contributed by atoms with E-state index in [1.165, 1.54) is 0 Å². The van der Waals surface area contributed by atoms with Crippen LogP contribution < -0.4 is 9.46 Å². The van der Waals surface area contributed by atoms with Gasteiger partial charge in [-0.2, -0.15) is 0 Å². The Kier molecular flexibility index (Phi) is 5.82. The molecule has 0 aromatic heterocycles. The Labute approximate surface area is 161 Å². The lowest BCUT2D eigenvalue weighted by Crippen LogP contribution is -2.29. The Morgan fingerprint density at radius 3 is 2.22 bits per heavy atom. The highest BCUT2D eigenvalue weighted by Crippen LogP contribution is 2.26. The summed E-state index contributed by atoms with van der Waals surface area (Å²) in [4.78, 5) is 0.281. The number of rotatable bonds is 7. The molecule has 3 aromatic carbocycles. The molecule has 0 heterocycles. The third-order valence-corrected chi connectivity index (χ3v) is 6.02. The van der Waals surface area contributed by atoms with E-state index in [1.54, 1.807) is 19.2 Å². The largest absolute Gasteiger partial charge is 0.497 e. The van der Waals surface area contributed by atoms with E-state index in [9.17, 15) is 8.42 Å². The molecule has 3 rings (SSSR count). The van der Waals surface area contributed by atoms with Gasteiger partial charge in [0, 0.05) is 6.04 Å². The minimum atomic E-state index is -3.64. The van der Waals surface area contributed by atoms with Crippen LogP contribution in [0, 0.1) is 5.92 Å². The Balaban J connectivity index is 1.92. The van der Waals surface area contributed by atoms with Gasteiger partial charge in [0.25, 0.3) is 0 Å². The topological polar surface area (TPSA) is 55.4 Å². The highest BCUT2D eigenvalue weighted by Gasteiger charge is 2.22. The molecule has 1 atom stereocenters. The minimum Gasteiger partial charge on any atom is -0.497 e. The van der Waals surface area contributed by atoms with Crippen LogP contribution in [0.2, 0.25) is 0 Å². The maximum absolute atomic E-state index is 13.0. The van der Waals surface area contributed by atoms with Crippen LogP contribution in [-0.4, -0.2) is 15.5 Å². The second kappa shape index (κ2) is 8.11. The van der Waals surface area contributed by atoms with Gasteiger partial charge in [0.1, 0.15) is 5.75 Å². The second-order valence-electron chi connectivity index (χ2n) is 7.09. The van der Waals surface area contributed by atoms with Crippen molar-refractivity contribution in [2.75, 3.05) is 7.11 Å². The number of hydrogen-bond acceptors (Lipinski definition) is 3. The molecule has 0 aliphatic heterocycles. The minimum absolute atomic E-state index is 0.281. The lowest BCUT2D eigenvalue weighted by Gasteiger charge is -2.21. The fourth-order valence-corrected chi connectivity index (χ4v) is 4.42. The van der Waals surface area contributed by atoms with Crippen LogP contribution in [0.3, 0.4) is 0 Å². The van der Waals surface area contributed by atoms with E-state index in [-0.39, 0.29) is 10.9 Å². The molecule has 0 aliphatic carbocycles. The molecule has 0 saturated heterocycles. The van der Waals surface area contributed by atoms with Crippen LogP contribution in [0.5, 0.6) is 5.75 Å². The number of nitrogens with one attached hydrogen (secondary N) is 1. The number of ether oxygens (including phenoxy) is 1. The quantitative estimate of drug-likeness (QED) is 0.630. The Hall–Kier alpha value is -2.37. The number of methoxy groups -OCH3 is 1. The molecule has 0 unspecified atom stereocenters. The number of fused-ring (bicyclic) bond motifs is 1. The van der Waals surface area contributed by atoms with Gasteiger partial charge in [-0.05, 0) is 52.9 Å². The first kappa shape index (κ1) is 19.4. The number of hydrogen-bond donors (Lipinski definition) is 1. The summed E-state index contributed by atoms with van der Waals surface area (Å²) >= 11 is 0. The lowest BCUT2D eigenvalue weighted by atomic mass is 9.98. The van der Waals surface area contributed by atoms with E-state index in [0.717, 1.165) is 22.1 Å². The van der Waals surface area contributed by atoms with Gasteiger partial charge in [0.05, 0.1) is 12.0 Å². The summed E-state index contributed by atoms with van der Waals surface area (Å²) in [5.41, 5.74) is 0.925. The van der Waals surface area contributed by atoms with Gasteiger partial charge < -0.3 is 4.74 Å². The molecular formula is C22H25NO3S. The smallest absolute Gasteiger partial charge is 0.241 e.